The maximum atomic E-state index is 11.6. The number of aromatic nitrogens is 1. The Labute approximate surface area is 187 Å². The van der Waals surface area contributed by atoms with E-state index in [9.17, 15) is 4.79 Å². The topological polar surface area (TPSA) is 81.6 Å². The number of rotatable bonds is 8. The number of hydrogen-bond donors (Lipinski definition) is 2. The Morgan fingerprint density at radius 2 is 1.72 bits per heavy atom. The first kappa shape index (κ1) is 22.5. The van der Waals surface area contributed by atoms with Crippen molar-refractivity contribution in [2.24, 2.45) is 10.7 Å². The van der Waals surface area contributed by atoms with Crippen molar-refractivity contribution >= 4 is 35.6 Å². The first-order valence-corrected chi connectivity index (χ1v) is 9.26. The van der Waals surface area contributed by atoms with Crippen LogP contribution >= 0.6 is 24.0 Å². The average Bonchev–Trinajstić information content (AvgIpc) is 2.70. The van der Waals surface area contributed by atoms with Crippen molar-refractivity contribution < 1.29 is 4.74 Å². The second-order valence-corrected chi connectivity index (χ2v) is 6.27. The van der Waals surface area contributed by atoms with E-state index in [-0.39, 0.29) is 29.5 Å². The zero-order valence-electron chi connectivity index (χ0n) is 16.0. The molecule has 0 saturated heterocycles. The molecular formula is C22H25IN4O2. The second kappa shape index (κ2) is 11.9. The molecule has 152 valence electrons. The number of nitrogens with two attached hydrogens (primary N) is 1. The predicted octanol–water partition coefficient (Wildman–Crippen LogP) is 4.47. The summed E-state index contributed by atoms with van der Waals surface area (Å²) in [6.45, 7) is 1.28. The summed E-state index contributed by atoms with van der Waals surface area (Å²) in [5, 5.41) is 3.08. The number of nitrogens with zero attached hydrogens (tertiary/aromatic N) is 2. The highest BCUT2D eigenvalue weighted by atomic mass is 127. The van der Waals surface area contributed by atoms with E-state index in [0.717, 1.165) is 30.0 Å². The number of para-hydroxylation sites is 1. The third-order valence-electron chi connectivity index (χ3n) is 4.07. The molecule has 0 amide bonds. The number of halogens is 1. The summed E-state index contributed by atoms with van der Waals surface area (Å²) in [4.78, 5) is 16.0. The number of nitrogens with one attached hydrogen (secondary N) is 1. The average molecular weight is 504 g/mol. The second-order valence-electron chi connectivity index (χ2n) is 6.27. The smallest absolute Gasteiger partial charge is 0.250 e. The van der Waals surface area contributed by atoms with Crippen molar-refractivity contribution in [3.05, 3.63) is 89.3 Å². The van der Waals surface area contributed by atoms with Crippen LogP contribution in [0, 0.1) is 0 Å². The lowest BCUT2D eigenvalue weighted by atomic mass is 10.3. The van der Waals surface area contributed by atoms with Crippen molar-refractivity contribution in [2.75, 3.05) is 11.9 Å². The molecule has 3 rings (SSSR count). The van der Waals surface area contributed by atoms with Crippen LogP contribution in [0.25, 0.3) is 0 Å². The standard InChI is InChI=1S/C22H24N4O2.HI/c23-22(24-14-5-7-16-26-15-6-4-13-21(26)27)25-18-9-8-12-20(17-18)28-19-10-2-1-3-11-19;/h1-4,6,8-13,15,17H,5,7,14,16H2,(H3,23,24,25);1H. The molecule has 3 N–H and O–H groups in total. The molecule has 2 aromatic carbocycles. The zero-order valence-corrected chi connectivity index (χ0v) is 18.4. The zero-order chi connectivity index (χ0) is 19.6. The SMILES string of the molecule is I.NC(=NCCCCn1ccccc1=O)Nc1cccc(Oc2ccccc2)c1. The molecule has 0 atom stereocenters. The van der Waals surface area contributed by atoms with Gasteiger partial charge >= 0.3 is 0 Å². The van der Waals surface area contributed by atoms with Crippen LogP contribution in [0.2, 0.25) is 0 Å². The molecule has 0 unspecified atom stereocenters. The number of hydrogen-bond acceptors (Lipinski definition) is 3. The molecule has 0 bridgehead atoms. The van der Waals surface area contributed by atoms with E-state index in [0.29, 0.717) is 19.0 Å². The summed E-state index contributed by atoms with van der Waals surface area (Å²) in [5.74, 6) is 1.85. The van der Waals surface area contributed by atoms with Gasteiger partial charge in [0.25, 0.3) is 0 Å². The molecule has 0 aliphatic rings. The Morgan fingerprint density at radius 3 is 2.52 bits per heavy atom. The van der Waals surface area contributed by atoms with E-state index >= 15 is 0 Å². The molecule has 0 aliphatic carbocycles. The van der Waals surface area contributed by atoms with Gasteiger partial charge in [-0.25, -0.2) is 0 Å². The summed E-state index contributed by atoms with van der Waals surface area (Å²) < 4.78 is 7.51. The third kappa shape index (κ3) is 7.61. The highest BCUT2D eigenvalue weighted by Crippen LogP contribution is 2.23. The molecule has 0 radical (unpaired) electrons. The summed E-state index contributed by atoms with van der Waals surface area (Å²) in [5.41, 5.74) is 6.80. The van der Waals surface area contributed by atoms with Crippen molar-refractivity contribution in [3.8, 4) is 11.5 Å². The van der Waals surface area contributed by atoms with E-state index in [1.165, 1.54) is 0 Å². The van der Waals surface area contributed by atoms with Gasteiger partial charge in [0.15, 0.2) is 5.96 Å². The number of ether oxygens (including phenoxy) is 1. The van der Waals surface area contributed by atoms with Gasteiger partial charge in [0.2, 0.25) is 5.56 Å². The van der Waals surface area contributed by atoms with Gasteiger partial charge < -0.3 is 20.4 Å². The van der Waals surface area contributed by atoms with Gasteiger partial charge in [0.05, 0.1) is 0 Å². The third-order valence-corrected chi connectivity index (χ3v) is 4.07. The number of aliphatic imine (C=N–C) groups is 1. The molecule has 1 aromatic heterocycles. The fourth-order valence-electron chi connectivity index (χ4n) is 2.69. The number of aryl methyl sites for hydroxylation is 1. The molecule has 3 aromatic rings. The molecule has 6 nitrogen and oxygen atoms in total. The van der Waals surface area contributed by atoms with Crippen molar-refractivity contribution in [1.82, 2.24) is 4.57 Å². The lowest BCUT2D eigenvalue weighted by Crippen LogP contribution is -2.23. The number of pyridine rings is 1. The van der Waals surface area contributed by atoms with E-state index < -0.39 is 0 Å². The van der Waals surface area contributed by atoms with Gasteiger partial charge in [0.1, 0.15) is 11.5 Å². The summed E-state index contributed by atoms with van der Waals surface area (Å²) in [6, 6.07) is 22.3. The molecule has 0 fully saturated rings. The number of benzene rings is 2. The van der Waals surface area contributed by atoms with Gasteiger partial charge in [-0.2, -0.15) is 0 Å². The van der Waals surface area contributed by atoms with Crippen LogP contribution in [0.3, 0.4) is 0 Å². The lowest BCUT2D eigenvalue weighted by molar-refractivity contribution is 0.483. The van der Waals surface area contributed by atoms with E-state index in [4.69, 9.17) is 10.5 Å². The molecule has 7 heteroatoms. The Balaban J connectivity index is 0.00000300. The van der Waals surface area contributed by atoms with Crippen LogP contribution in [-0.2, 0) is 6.54 Å². The Hall–Kier alpha value is -2.81. The number of anilines is 1. The fourth-order valence-corrected chi connectivity index (χ4v) is 2.69. The highest BCUT2D eigenvalue weighted by molar-refractivity contribution is 14.0. The molecule has 0 saturated carbocycles. The maximum absolute atomic E-state index is 11.6. The minimum absolute atomic E-state index is 0. The predicted molar refractivity (Wildman–Crippen MR) is 128 cm³/mol. The summed E-state index contributed by atoms with van der Waals surface area (Å²) >= 11 is 0. The van der Waals surface area contributed by atoms with Gasteiger partial charge in [-0.05, 0) is 43.2 Å². The Morgan fingerprint density at radius 1 is 0.966 bits per heavy atom. The molecule has 0 aliphatic heterocycles. The molecule has 29 heavy (non-hydrogen) atoms. The minimum atomic E-state index is 0. The normalized spacial score (nSPS) is 10.8. The number of guanidine groups is 1. The molecular weight excluding hydrogens is 479 g/mol. The van der Waals surface area contributed by atoms with Gasteiger partial charge in [-0.1, -0.05) is 30.3 Å². The van der Waals surface area contributed by atoms with Crippen LogP contribution < -0.4 is 21.3 Å². The van der Waals surface area contributed by atoms with Crippen molar-refractivity contribution in [2.45, 2.75) is 19.4 Å². The Bertz CT molecular complexity index is 974. The summed E-state index contributed by atoms with van der Waals surface area (Å²) in [6.07, 6.45) is 3.51. The van der Waals surface area contributed by atoms with E-state index in [1.54, 1.807) is 22.9 Å². The minimum Gasteiger partial charge on any atom is -0.457 e. The van der Waals surface area contributed by atoms with Crippen LogP contribution in [-0.4, -0.2) is 17.1 Å². The number of unbranched alkanes of at least 4 members (excludes halogenated alkanes) is 1. The van der Waals surface area contributed by atoms with Crippen molar-refractivity contribution in [1.29, 1.82) is 0 Å². The van der Waals surface area contributed by atoms with Crippen LogP contribution in [0.1, 0.15) is 12.8 Å². The molecule has 0 spiro atoms. The highest BCUT2D eigenvalue weighted by Gasteiger charge is 2.00. The van der Waals surface area contributed by atoms with Gasteiger partial charge in [-0.3, -0.25) is 9.79 Å². The van der Waals surface area contributed by atoms with E-state index in [1.807, 2.05) is 60.7 Å². The quantitative estimate of drug-likeness (QED) is 0.205. The van der Waals surface area contributed by atoms with Crippen LogP contribution in [0.4, 0.5) is 5.69 Å². The Kier molecular flexibility index (Phi) is 9.23. The first-order valence-electron chi connectivity index (χ1n) is 9.26. The van der Waals surface area contributed by atoms with Crippen LogP contribution in [0.5, 0.6) is 11.5 Å². The summed E-state index contributed by atoms with van der Waals surface area (Å²) in [7, 11) is 0. The molecule has 1 heterocycles. The monoisotopic (exact) mass is 504 g/mol. The van der Waals surface area contributed by atoms with Gasteiger partial charge in [-0.15, -0.1) is 24.0 Å². The fraction of sp³-hybridized carbons (Fsp3) is 0.182. The van der Waals surface area contributed by atoms with Crippen LogP contribution in [0.15, 0.2) is 88.8 Å². The van der Waals surface area contributed by atoms with Crippen molar-refractivity contribution in [3.63, 3.8) is 0 Å². The first-order chi connectivity index (χ1) is 13.7. The largest absolute Gasteiger partial charge is 0.457 e. The van der Waals surface area contributed by atoms with Gasteiger partial charge in [0, 0.05) is 37.1 Å². The maximum Gasteiger partial charge on any atom is 0.250 e. The van der Waals surface area contributed by atoms with E-state index in [2.05, 4.69) is 10.3 Å². The lowest BCUT2D eigenvalue weighted by Gasteiger charge is -2.09.